The zero-order valence-corrected chi connectivity index (χ0v) is 15.4. The molecular formula is C17H24N4O3S. The fourth-order valence-electron chi connectivity index (χ4n) is 4.01. The number of likely N-dealkylation sites (N-methyl/N-ethyl adjacent to an activating group) is 1. The monoisotopic (exact) mass is 364 g/mol. The molecule has 0 bridgehead atoms. The third kappa shape index (κ3) is 3.23. The number of rotatable bonds is 2. The zero-order chi connectivity index (χ0) is 17.4. The molecule has 1 spiro atoms. The van der Waals surface area contributed by atoms with Gasteiger partial charge in [0, 0.05) is 45.3 Å². The summed E-state index contributed by atoms with van der Waals surface area (Å²) in [5.74, 6) is 0.161. The van der Waals surface area contributed by atoms with Crippen molar-refractivity contribution >= 4 is 28.9 Å². The van der Waals surface area contributed by atoms with E-state index in [0.29, 0.717) is 19.5 Å². The first-order chi connectivity index (χ1) is 12.1. The third-order valence-corrected chi connectivity index (χ3v) is 6.34. The number of aliphatic imine (C=N–C) groups is 1. The molecule has 0 radical (unpaired) electrons. The SMILES string of the molecule is CN1C[C@]2(CCCN(C(=O)CC3=CSC4=NCCCN34)CC2)OC1=O. The first-order valence-electron chi connectivity index (χ1n) is 8.96. The Morgan fingerprint density at radius 2 is 2.20 bits per heavy atom. The van der Waals surface area contributed by atoms with E-state index >= 15 is 0 Å². The number of thioether (sulfide) groups is 1. The molecule has 4 rings (SSSR count). The fraction of sp³-hybridized carbons (Fsp3) is 0.706. The van der Waals surface area contributed by atoms with Crippen LogP contribution in [0, 0.1) is 0 Å². The standard InChI is InChI=1S/C17H24N4O3S/c1-19-12-17(24-16(19)23)4-2-7-20(9-5-17)14(22)10-13-11-25-15-18-6-3-8-21(13)15/h11H,2-10,12H2,1H3/t17-/m1/s1. The minimum absolute atomic E-state index is 0.161. The van der Waals surface area contributed by atoms with Gasteiger partial charge in [0.25, 0.3) is 0 Å². The highest BCUT2D eigenvalue weighted by Gasteiger charge is 2.44. The fourth-order valence-corrected chi connectivity index (χ4v) is 4.96. The summed E-state index contributed by atoms with van der Waals surface area (Å²) in [6.07, 6.45) is 3.65. The van der Waals surface area contributed by atoms with Gasteiger partial charge in [-0.25, -0.2) is 4.79 Å². The Morgan fingerprint density at radius 3 is 3.00 bits per heavy atom. The van der Waals surface area contributed by atoms with Crippen LogP contribution in [0.15, 0.2) is 16.1 Å². The van der Waals surface area contributed by atoms with Crippen molar-refractivity contribution in [1.82, 2.24) is 14.7 Å². The number of hydrogen-bond acceptors (Lipinski definition) is 6. The van der Waals surface area contributed by atoms with Crippen LogP contribution >= 0.6 is 11.8 Å². The Bertz CT molecular complexity index is 650. The summed E-state index contributed by atoms with van der Waals surface area (Å²) >= 11 is 1.62. The average molecular weight is 364 g/mol. The molecule has 1 atom stereocenters. The number of nitrogens with zero attached hydrogens (tertiary/aromatic N) is 4. The van der Waals surface area contributed by atoms with Crippen molar-refractivity contribution in [2.24, 2.45) is 4.99 Å². The van der Waals surface area contributed by atoms with Crippen LogP contribution < -0.4 is 0 Å². The van der Waals surface area contributed by atoms with E-state index in [1.54, 1.807) is 23.7 Å². The van der Waals surface area contributed by atoms with E-state index in [2.05, 4.69) is 15.3 Å². The lowest BCUT2D eigenvalue weighted by molar-refractivity contribution is -0.130. The van der Waals surface area contributed by atoms with Crippen LogP contribution in [0.25, 0.3) is 0 Å². The van der Waals surface area contributed by atoms with E-state index in [0.717, 1.165) is 56.2 Å². The molecule has 8 heteroatoms. The molecule has 2 saturated heterocycles. The van der Waals surface area contributed by atoms with Gasteiger partial charge in [-0.2, -0.15) is 0 Å². The van der Waals surface area contributed by atoms with Gasteiger partial charge in [0.05, 0.1) is 13.0 Å². The van der Waals surface area contributed by atoms with Crippen LogP contribution in [-0.4, -0.2) is 77.2 Å². The summed E-state index contributed by atoms with van der Waals surface area (Å²) in [5.41, 5.74) is 0.662. The van der Waals surface area contributed by atoms with E-state index in [1.165, 1.54) is 0 Å². The quantitative estimate of drug-likeness (QED) is 0.748. The second kappa shape index (κ2) is 6.55. The van der Waals surface area contributed by atoms with Gasteiger partial charge in [0.2, 0.25) is 5.91 Å². The largest absolute Gasteiger partial charge is 0.441 e. The predicted octanol–water partition coefficient (Wildman–Crippen LogP) is 1.86. The van der Waals surface area contributed by atoms with E-state index in [-0.39, 0.29) is 12.0 Å². The summed E-state index contributed by atoms with van der Waals surface area (Å²) in [6.45, 7) is 3.86. The molecule has 0 N–H and O–H groups in total. The number of likely N-dealkylation sites (tertiary alicyclic amines) is 1. The Hall–Kier alpha value is -1.70. The molecule has 7 nitrogen and oxygen atoms in total. The van der Waals surface area contributed by atoms with Crippen molar-refractivity contribution < 1.29 is 14.3 Å². The molecule has 25 heavy (non-hydrogen) atoms. The van der Waals surface area contributed by atoms with Crippen LogP contribution in [0.3, 0.4) is 0 Å². The number of ether oxygens (including phenoxy) is 1. The van der Waals surface area contributed by atoms with Crippen molar-refractivity contribution in [3.05, 3.63) is 11.1 Å². The summed E-state index contributed by atoms with van der Waals surface area (Å²) < 4.78 is 5.62. The minimum Gasteiger partial charge on any atom is -0.441 e. The zero-order valence-electron chi connectivity index (χ0n) is 14.6. The normalized spacial score (nSPS) is 29.3. The highest BCUT2D eigenvalue weighted by Crippen LogP contribution is 2.34. The summed E-state index contributed by atoms with van der Waals surface area (Å²) in [4.78, 5) is 34.8. The first kappa shape index (κ1) is 16.8. The number of hydrogen-bond donors (Lipinski definition) is 0. The molecule has 0 aromatic rings. The van der Waals surface area contributed by atoms with Crippen LogP contribution in [0.4, 0.5) is 4.79 Å². The molecule has 4 aliphatic rings. The molecule has 4 heterocycles. The molecule has 2 amide bonds. The maximum absolute atomic E-state index is 12.8. The van der Waals surface area contributed by atoms with Gasteiger partial charge in [-0.3, -0.25) is 9.79 Å². The van der Waals surface area contributed by atoms with E-state index < -0.39 is 5.60 Å². The topological polar surface area (TPSA) is 65.4 Å². The van der Waals surface area contributed by atoms with Gasteiger partial charge in [0.15, 0.2) is 5.17 Å². The van der Waals surface area contributed by atoms with Crippen molar-refractivity contribution in [2.45, 2.75) is 37.7 Å². The predicted molar refractivity (Wildman–Crippen MR) is 96.2 cm³/mol. The Labute approximate surface area is 152 Å². The summed E-state index contributed by atoms with van der Waals surface area (Å²) in [7, 11) is 1.77. The van der Waals surface area contributed by atoms with Gasteiger partial charge in [0.1, 0.15) is 5.60 Å². The van der Waals surface area contributed by atoms with Crippen LogP contribution in [0.5, 0.6) is 0 Å². The van der Waals surface area contributed by atoms with Crippen molar-refractivity contribution in [3.63, 3.8) is 0 Å². The second-order valence-corrected chi connectivity index (χ2v) is 8.05. The number of carbonyl (C=O) groups is 2. The lowest BCUT2D eigenvalue weighted by atomic mass is 9.95. The van der Waals surface area contributed by atoms with Crippen LogP contribution in [0.2, 0.25) is 0 Å². The van der Waals surface area contributed by atoms with Crippen molar-refractivity contribution in [3.8, 4) is 0 Å². The van der Waals surface area contributed by atoms with Gasteiger partial charge >= 0.3 is 6.09 Å². The molecule has 0 aromatic heterocycles. The maximum Gasteiger partial charge on any atom is 0.410 e. The van der Waals surface area contributed by atoms with E-state index in [4.69, 9.17) is 4.74 Å². The summed E-state index contributed by atoms with van der Waals surface area (Å²) in [5, 5.41) is 3.10. The average Bonchev–Trinajstić information content (AvgIpc) is 3.04. The van der Waals surface area contributed by atoms with Gasteiger partial charge in [-0.05, 0) is 24.7 Å². The highest BCUT2D eigenvalue weighted by atomic mass is 32.2. The number of amides is 2. The molecule has 2 fully saturated rings. The molecule has 0 aromatic carbocycles. The number of fused-ring (bicyclic) bond motifs is 1. The lowest BCUT2D eigenvalue weighted by Crippen LogP contribution is -2.38. The molecular weight excluding hydrogens is 340 g/mol. The minimum atomic E-state index is -0.407. The van der Waals surface area contributed by atoms with E-state index in [9.17, 15) is 9.59 Å². The van der Waals surface area contributed by atoms with E-state index in [1.807, 2.05) is 4.90 Å². The maximum atomic E-state index is 12.8. The molecule has 136 valence electrons. The lowest BCUT2D eigenvalue weighted by Gasteiger charge is -2.27. The van der Waals surface area contributed by atoms with Crippen LogP contribution in [0.1, 0.15) is 32.1 Å². The van der Waals surface area contributed by atoms with Crippen molar-refractivity contribution in [1.29, 1.82) is 0 Å². The number of carbonyl (C=O) groups excluding carboxylic acids is 2. The van der Waals surface area contributed by atoms with Gasteiger partial charge in [-0.1, -0.05) is 11.8 Å². The number of amidine groups is 1. The van der Waals surface area contributed by atoms with Gasteiger partial charge in [-0.15, -0.1) is 0 Å². The summed E-state index contributed by atoms with van der Waals surface area (Å²) in [6, 6.07) is 0. The van der Waals surface area contributed by atoms with Crippen LogP contribution in [-0.2, 0) is 9.53 Å². The Balaban J connectivity index is 1.36. The second-order valence-electron chi connectivity index (χ2n) is 7.21. The van der Waals surface area contributed by atoms with Gasteiger partial charge < -0.3 is 19.4 Å². The first-order valence-corrected chi connectivity index (χ1v) is 9.84. The third-order valence-electron chi connectivity index (χ3n) is 5.39. The Morgan fingerprint density at radius 1 is 1.32 bits per heavy atom. The molecule has 0 unspecified atom stereocenters. The highest BCUT2D eigenvalue weighted by molar-refractivity contribution is 8.16. The molecule has 4 aliphatic heterocycles. The molecule has 0 saturated carbocycles. The smallest absolute Gasteiger partial charge is 0.410 e. The van der Waals surface area contributed by atoms with Crippen molar-refractivity contribution in [2.75, 3.05) is 39.8 Å². The molecule has 0 aliphatic carbocycles. The Kier molecular flexibility index (Phi) is 4.39.